The monoisotopic (exact) mass is 293 g/mol. The Kier molecular flexibility index (Phi) is 4.87. The molecule has 1 unspecified atom stereocenters. The highest BCUT2D eigenvalue weighted by molar-refractivity contribution is 6.42. The second kappa shape index (κ2) is 6.42. The second-order valence-electron chi connectivity index (χ2n) is 4.61. The predicted octanol–water partition coefficient (Wildman–Crippen LogP) is 4.99. The van der Waals surface area contributed by atoms with Crippen LogP contribution in [0.1, 0.15) is 36.1 Å². The zero-order chi connectivity index (χ0) is 13.8. The van der Waals surface area contributed by atoms with E-state index in [-0.39, 0.29) is 6.04 Å². The Morgan fingerprint density at radius 1 is 1.05 bits per heavy atom. The Morgan fingerprint density at radius 3 is 2.37 bits per heavy atom. The van der Waals surface area contributed by atoms with Crippen molar-refractivity contribution < 1.29 is 0 Å². The smallest absolute Gasteiger partial charge is 0.0643 e. The third-order valence-electron chi connectivity index (χ3n) is 3.19. The number of hydrogen-bond acceptors (Lipinski definition) is 1. The molecule has 0 aliphatic rings. The van der Waals surface area contributed by atoms with E-state index in [2.05, 4.69) is 31.2 Å². The third-order valence-corrected chi connectivity index (χ3v) is 4.03. The molecular formula is C16H17Cl2N. The lowest BCUT2D eigenvalue weighted by molar-refractivity contribution is 0.865. The van der Waals surface area contributed by atoms with Gasteiger partial charge in [0, 0.05) is 0 Å². The minimum atomic E-state index is -0.248. The van der Waals surface area contributed by atoms with E-state index in [9.17, 15) is 0 Å². The highest BCUT2D eigenvalue weighted by atomic mass is 35.5. The fourth-order valence-electron chi connectivity index (χ4n) is 2.12. The Hall–Kier alpha value is -1.02. The molecule has 0 aromatic heterocycles. The van der Waals surface area contributed by atoms with Crippen molar-refractivity contribution in [2.24, 2.45) is 5.73 Å². The molecule has 2 aromatic carbocycles. The summed E-state index contributed by atoms with van der Waals surface area (Å²) < 4.78 is 0. The Morgan fingerprint density at radius 2 is 1.74 bits per heavy atom. The molecule has 0 bridgehead atoms. The zero-order valence-corrected chi connectivity index (χ0v) is 12.4. The lowest BCUT2D eigenvalue weighted by Crippen LogP contribution is -2.12. The van der Waals surface area contributed by atoms with Gasteiger partial charge >= 0.3 is 0 Å². The summed E-state index contributed by atoms with van der Waals surface area (Å²) in [4.78, 5) is 0. The molecule has 0 saturated heterocycles. The lowest BCUT2D eigenvalue weighted by Gasteiger charge is -2.15. The van der Waals surface area contributed by atoms with Crippen LogP contribution in [-0.4, -0.2) is 0 Å². The molecule has 2 N–H and O–H groups in total. The molecule has 0 heterocycles. The van der Waals surface area contributed by atoms with Gasteiger partial charge in [0.05, 0.1) is 16.1 Å². The average Bonchev–Trinajstić information content (AvgIpc) is 2.42. The van der Waals surface area contributed by atoms with Crippen LogP contribution in [0.5, 0.6) is 0 Å². The molecular weight excluding hydrogens is 277 g/mol. The van der Waals surface area contributed by atoms with E-state index < -0.39 is 0 Å². The van der Waals surface area contributed by atoms with Gasteiger partial charge in [0.25, 0.3) is 0 Å². The third kappa shape index (κ3) is 3.30. The maximum atomic E-state index is 6.27. The number of benzene rings is 2. The predicted molar refractivity (Wildman–Crippen MR) is 82.9 cm³/mol. The molecule has 1 atom stereocenters. The number of hydrogen-bond donors (Lipinski definition) is 1. The standard InChI is InChI=1S/C16H17Cl2N/c1-2-4-11-7-9-12(10-8-11)16(19)13-5-3-6-14(17)15(13)18/h3,5-10,16H,2,4,19H2,1H3. The Bertz CT molecular complexity index is 549. The van der Waals surface area contributed by atoms with Crippen LogP contribution in [0.4, 0.5) is 0 Å². The van der Waals surface area contributed by atoms with Gasteiger partial charge < -0.3 is 5.73 Å². The van der Waals surface area contributed by atoms with Gasteiger partial charge in [0.1, 0.15) is 0 Å². The molecule has 0 amide bonds. The van der Waals surface area contributed by atoms with E-state index in [1.54, 1.807) is 6.07 Å². The maximum absolute atomic E-state index is 6.27. The molecule has 1 nitrogen and oxygen atoms in total. The fourth-order valence-corrected chi connectivity index (χ4v) is 2.55. The van der Waals surface area contributed by atoms with E-state index in [1.807, 2.05) is 12.1 Å². The van der Waals surface area contributed by atoms with Crippen molar-refractivity contribution in [1.82, 2.24) is 0 Å². The van der Waals surface area contributed by atoms with Crippen molar-refractivity contribution in [3.05, 3.63) is 69.2 Å². The molecule has 0 spiro atoms. The van der Waals surface area contributed by atoms with Gasteiger partial charge in [-0.25, -0.2) is 0 Å². The van der Waals surface area contributed by atoms with E-state index in [1.165, 1.54) is 5.56 Å². The van der Waals surface area contributed by atoms with E-state index in [0.29, 0.717) is 10.0 Å². The summed E-state index contributed by atoms with van der Waals surface area (Å²) in [6.45, 7) is 2.17. The highest BCUT2D eigenvalue weighted by Gasteiger charge is 2.14. The normalized spacial score (nSPS) is 12.4. The molecule has 100 valence electrons. The summed E-state index contributed by atoms with van der Waals surface area (Å²) >= 11 is 12.2. The molecule has 19 heavy (non-hydrogen) atoms. The number of nitrogens with two attached hydrogens (primary N) is 1. The molecule has 2 rings (SSSR count). The first-order valence-electron chi connectivity index (χ1n) is 6.41. The summed E-state index contributed by atoms with van der Waals surface area (Å²) in [5, 5.41) is 1.08. The first kappa shape index (κ1) is 14.4. The lowest BCUT2D eigenvalue weighted by atomic mass is 9.98. The molecule has 0 fully saturated rings. The fraction of sp³-hybridized carbons (Fsp3) is 0.250. The van der Waals surface area contributed by atoms with Crippen LogP contribution in [-0.2, 0) is 6.42 Å². The van der Waals surface area contributed by atoms with Gasteiger partial charge in [0.2, 0.25) is 0 Å². The SMILES string of the molecule is CCCc1ccc(C(N)c2cccc(Cl)c2Cl)cc1. The van der Waals surface area contributed by atoms with Crippen LogP contribution in [0.3, 0.4) is 0 Å². The van der Waals surface area contributed by atoms with E-state index in [0.717, 1.165) is 24.0 Å². The van der Waals surface area contributed by atoms with Crippen molar-refractivity contribution in [2.45, 2.75) is 25.8 Å². The molecule has 3 heteroatoms. The summed E-state index contributed by atoms with van der Waals surface area (Å²) in [7, 11) is 0. The molecule has 0 saturated carbocycles. The number of halogens is 2. The van der Waals surface area contributed by atoms with Gasteiger partial charge in [-0.05, 0) is 29.2 Å². The van der Waals surface area contributed by atoms with Crippen molar-refractivity contribution in [2.75, 3.05) is 0 Å². The van der Waals surface area contributed by atoms with Crippen molar-refractivity contribution in [3.8, 4) is 0 Å². The van der Waals surface area contributed by atoms with Crippen LogP contribution in [0.2, 0.25) is 10.0 Å². The van der Waals surface area contributed by atoms with Crippen LogP contribution in [0.25, 0.3) is 0 Å². The minimum Gasteiger partial charge on any atom is -0.320 e. The molecule has 0 aliphatic carbocycles. The summed E-state index contributed by atoms with van der Waals surface area (Å²) in [5.74, 6) is 0. The zero-order valence-electron chi connectivity index (χ0n) is 10.9. The second-order valence-corrected chi connectivity index (χ2v) is 5.40. The van der Waals surface area contributed by atoms with Crippen LogP contribution >= 0.6 is 23.2 Å². The number of aryl methyl sites for hydroxylation is 1. The van der Waals surface area contributed by atoms with E-state index in [4.69, 9.17) is 28.9 Å². The van der Waals surface area contributed by atoms with Crippen LogP contribution in [0, 0.1) is 0 Å². The molecule has 2 aromatic rings. The first-order chi connectivity index (χ1) is 9.13. The van der Waals surface area contributed by atoms with Crippen LogP contribution in [0.15, 0.2) is 42.5 Å². The Balaban J connectivity index is 2.28. The number of rotatable bonds is 4. The van der Waals surface area contributed by atoms with Crippen LogP contribution < -0.4 is 5.73 Å². The largest absolute Gasteiger partial charge is 0.320 e. The maximum Gasteiger partial charge on any atom is 0.0643 e. The summed E-state index contributed by atoms with van der Waals surface area (Å²) in [6, 6.07) is 13.7. The highest BCUT2D eigenvalue weighted by Crippen LogP contribution is 2.31. The molecule has 0 radical (unpaired) electrons. The van der Waals surface area contributed by atoms with E-state index >= 15 is 0 Å². The van der Waals surface area contributed by atoms with Crippen molar-refractivity contribution in [1.29, 1.82) is 0 Å². The van der Waals surface area contributed by atoms with Gasteiger partial charge in [-0.15, -0.1) is 0 Å². The quantitative estimate of drug-likeness (QED) is 0.844. The van der Waals surface area contributed by atoms with Gasteiger partial charge in [0.15, 0.2) is 0 Å². The van der Waals surface area contributed by atoms with Gasteiger partial charge in [-0.3, -0.25) is 0 Å². The van der Waals surface area contributed by atoms with Gasteiger partial charge in [-0.1, -0.05) is 72.9 Å². The topological polar surface area (TPSA) is 26.0 Å². The van der Waals surface area contributed by atoms with Crippen molar-refractivity contribution >= 4 is 23.2 Å². The minimum absolute atomic E-state index is 0.248. The van der Waals surface area contributed by atoms with Gasteiger partial charge in [-0.2, -0.15) is 0 Å². The summed E-state index contributed by atoms with van der Waals surface area (Å²) in [6.07, 6.45) is 2.24. The van der Waals surface area contributed by atoms with Crippen molar-refractivity contribution in [3.63, 3.8) is 0 Å². The first-order valence-corrected chi connectivity index (χ1v) is 7.17. The molecule has 0 aliphatic heterocycles. The Labute approximate surface area is 124 Å². The summed E-state index contributed by atoms with van der Waals surface area (Å²) in [5.41, 5.74) is 9.50. The average molecular weight is 294 g/mol.